The molecule has 0 aromatic carbocycles. The largest absolute Gasteiger partial charge is 0.357 e. The van der Waals surface area contributed by atoms with Crippen molar-refractivity contribution in [1.29, 1.82) is 0 Å². The van der Waals surface area contributed by atoms with E-state index in [1.807, 2.05) is 11.8 Å². The van der Waals surface area contributed by atoms with Gasteiger partial charge in [-0.15, -0.1) is 24.0 Å². The predicted molar refractivity (Wildman–Crippen MR) is 106 cm³/mol. The van der Waals surface area contributed by atoms with Crippen LogP contribution in [0.25, 0.3) is 0 Å². The molecule has 0 aromatic rings. The molecule has 1 fully saturated rings. The number of carbonyl (C=O) groups excluding carboxylic acids is 1. The van der Waals surface area contributed by atoms with Crippen molar-refractivity contribution in [2.75, 3.05) is 26.2 Å². The molecule has 1 saturated heterocycles. The van der Waals surface area contributed by atoms with Gasteiger partial charge in [0.25, 0.3) is 0 Å². The summed E-state index contributed by atoms with van der Waals surface area (Å²) >= 11 is 0. The molecule has 6 heteroatoms. The van der Waals surface area contributed by atoms with Crippen molar-refractivity contribution < 1.29 is 4.79 Å². The van der Waals surface area contributed by atoms with Crippen LogP contribution in [0.1, 0.15) is 52.4 Å². The standard InChI is InChI=1S/C17H30N4O.HI/c1-3-16(22)21-12-10-15(13-21)20-17(18-4-2)19-11-9-14-7-5-6-8-14;/h7,15H,3-6,8-13H2,1-2H3,(H2,18,19,20);1H. The quantitative estimate of drug-likeness (QED) is 0.293. The molecule has 132 valence electrons. The van der Waals surface area contributed by atoms with Gasteiger partial charge in [0.2, 0.25) is 5.91 Å². The van der Waals surface area contributed by atoms with Crippen LogP contribution in [0.15, 0.2) is 16.6 Å². The number of nitrogens with one attached hydrogen (secondary N) is 2. The summed E-state index contributed by atoms with van der Waals surface area (Å²) in [5, 5.41) is 6.79. The van der Waals surface area contributed by atoms with E-state index >= 15 is 0 Å². The van der Waals surface area contributed by atoms with E-state index in [4.69, 9.17) is 0 Å². The third kappa shape index (κ3) is 6.69. The van der Waals surface area contributed by atoms with Gasteiger partial charge in [-0.2, -0.15) is 0 Å². The van der Waals surface area contributed by atoms with Crippen molar-refractivity contribution in [2.24, 2.45) is 4.99 Å². The van der Waals surface area contributed by atoms with Crippen LogP contribution in [0, 0.1) is 0 Å². The van der Waals surface area contributed by atoms with E-state index in [2.05, 4.69) is 28.6 Å². The first-order chi connectivity index (χ1) is 10.7. The van der Waals surface area contributed by atoms with E-state index in [0.29, 0.717) is 12.5 Å². The number of hydrogen-bond acceptors (Lipinski definition) is 2. The summed E-state index contributed by atoms with van der Waals surface area (Å²) in [4.78, 5) is 18.4. The highest BCUT2D eigenvalue weighted by Crippen LogP contribution is 2.20. The molecule has 1 heterocycles. The number of nitrogens with zero attached hydrogens (tertiary/aromatic N) is 2. The first kappa shape index (κ1) is 20.3. The first-order valence-corrected chi connectivity index (χ1v) is 8.73. The number of likely N-dealkylation sites (tertiary alicyclic amines) is 1. The molecule has 0 bridgehead atoms. The van der Waals surface area contributed by atoms with Gasteiger partial charge in [-0.05, 0) is 39.0 Å². The predicted octanol–water partition coefficient (Wildman–Crippen LogP) is 2.67. The van der Waals surface area contributed by atoms with Crippen molar-refractivity contribution >= 4 is 35.8 Å². The number of aliphatic imine (C=N–C) groups is 1. The molecule has 0 spiro atoms. The monoisotopic (exact) mass is 434 g/mol. The molecule has 1 unspecified atom stereocenters. The van der Waals surface area contributed by atoms with E-state index in [-0.39, 0.29) is 29.9 Å². The van der Waals surface area contributed by atoms with E-state index in [9.17, 15) is 4.79 Å². The van der Waals surface area contributed by atoms with Crippen LogP contribution in [0.4, 0.5) is 0 Å². The minimum atomic E-state index is 0. The van der Waals surface area contributed by atoms with Crippen molar-refractivity contribution in [1.82, 2.24) is 15.5 Å². The van der Waals surface area contributed by atoms with Gasteiger partial charge >= 0.3 is 0 Å². The van der Waals surface area contributed by atoms with E-state index < -0.39 is 0 Å². The summed E-state index contributed by atoms with van der Waals surface area (Å²) in [6.07, 6.45) is 8.82. The zero-order chi connectivity index (χ0) is 15.8. The number of hydrogen-bond donors (Lipinski definition) is 2. The highest BCUT2D eigenvalue weighted by molar-refractivity contribution is 14.0. The van der Waals surface area contributed by atoms with Gasteiger partial charge in [-0.3, -0.25) is 9.79 Å². The molecule has 0 aromatic heterocycles. The van der Waals surface area contributed by atoms with Gasteiger partial charge in [0.05, 0.1) is 0 Å². The summed E-state index contributed by atoms with van der Waals surface area (Å²) in [5.41, 5.74) is 1.56. The van der Waals surface area contributed by atoms with Crippen LogP contribution in [0.3, 0.4) is 0 Å². The van der Waals surface area contributed by atoms with Gasteiger partial charge in [0, 0.05) is 38.6 Å². The topological polar surface area (TPSA) is 56.7 Å². The van der Waals surface area contributed by atoms with Gasteiger partial charge in [0.1, 0.15) is 0 Å². The summed E-state index contributed by atoms with van der Waals surface area (Å²) in [5.74, 6) is 1.14. The molecule has 0 radical (unpaired) electrons. The fraction of sp³-hybridized carbons (Fsp3) is 0.765. The number of halogens is 1. The smallest absolute Gasteiger partial charge is 0.222 e. The summed E-state index contributed by atoms with van der Waals surface area (Å²) in [6.45, 7) is 7.35. The minimum absolute atomic E-state index is 0. The van der Waals surface area contributed by atoms with Crippen LogP contribution >= 0.6 is 24.0 Å². The summed E-state index contributed by atoms with van der Waals surface area (Å²) < 4.78 is 0. The third-order valence-electron chi connectivity index (χ3n) is 4.37. The lowest BCUT2D eigenvalue weighted by molar-refractivity contribution is -0.129. The van der Waals surface area contributed by atoms with E-state index in [1.165, 1.54) is 19.3 Å². The average Bonchev–Trinajstić information content (AvgIpc) is 3.18. The Kier molecular flexibility index (Phi) is 9.59. The summed E-state index contributed by atoms with van der Waals surface area (Å²) in [7, 11) is 0. The second-order valence-electron chi connectivity index (χ2n) is 6.09. The minimum Gasteiger partial charge on any atom is -0.357 e. The Bertz CT molecular complexity index is 436. The molecule has 1 amide bonds. The normalized spacial score (nSPS) is 21.0. The Morgan fingerprint density at radius 3 is 2.91 bits per heavy atom. The second-order valence-corrected chi connectivity index (χ2v) is 6.09. The molecule has 2 rings (SSSR count). The second kappa shape index (κ2) is 10.9. The van der Waals surface area contributed by atoms with Gasteiger partial charge in [-0.25, -0.2) is 0 Å². The van der Waals surface area contributed by atoms with E-state index in [0.717, 1.165) is 45.0 Å². The maximum Gasteiger partial charge on any atom is 0.222 e. The SMILES string of the molecule is CCNC(=NCCC1=CCCC1)NC1CCN(C(=O)CC)C1.I. The Labute approximate surface area is 157 Å². The molecule has 5 nitrogen and oxygen atoms in total. The van der Waals surface area contributed by atoms with Crippen molar-refractivity contribution in [3.05, 3.63) is 11.6 Å². The molecular weight excluding hydrogens is 403 g/mol. The maximum absolute atomic E-state index is 11.7. The highest BCUT2D eigenvalue weighted by atomic mass is 127. The van der Waals surface area contributed by atoms with Crippen molar-refractivity contribution in [2.45, 2.75) is 58.4 Å². The van der Waals surface area contributed by atoms with Crippen LogP contribution in [-0.2, 0) is 4.79 Å². The lowest BCUT2D eigenvalue weighted by Crippen LogP contribution is -2.45. The Balaban J connectivity index is 0.00000264. The van der Waals surface area contributed by atoms with Crippen LogP contribution < -0.4 is 10.6 Å². The fourth-order valence-electron chi connectivity index (χ4n) is 3.12. The lowest BCUT2D eigenvalue weighted by atomic mass is 10.2. The molecule has 2 N–H and O–H groups in total. The number of rotatable bonds is 6. The number of carbonyl (C=O) groups is 1. The number of amides is 1. The van der Waals surface area contributed by atoms with Crippen LogP contribution in [-0.4, -0.2) is 49.0 Å². The van der Waals surface area contributed by atoms with Crippen molar-refractivity contribution in [3.8, 4) is 0 Å². The molecule has 1 aliphatic heterocycles. The highest BCUT2D eigenvalue weighted by Gasteiger charge is 2.25. The summed E-state index contributed by atoms with van der Waals surface area (Å²) in [6, 6.07) is 0.319. The Morgan fingerprint density at radius 1 is 1.43 bits per heavy atom. The fourth-order valence-corrected chi connectivity index (χ4v) is 3.12. The number of guanidine groups is 1. The lowest BCUT2D eigenvalue weighted by Gasteiger charge is -2.18. The van der Waals surface area contributed by atoms with Gasteiger partial charge in [-0.1, -0.05) is 18.6 Å². The van der Waals surface area contributed by atoms with Crippen LogP contribution in [0.2, 0.25) is 0 Å². The van der Waals surface area contributed by atoms with Gasteiger partial charge < -0.3 is 15.5 Å². The molecule has 1 aliphatic carbocycles. The van der Waals surface area contributed by atoms with E-state index in [1.54, 1.807) is 5.57 Å². The Hall–Kier alpha value is -0.790. The molecule has 2 aliphatic rings. The molecular formula is C17H31IN4O. The zero-order valence-electron chi connectivity index (χ0n) is 14.4. The first-order valence-electron chi connectivity index (χ1n) is 8.73. The zero-order valence-corrected chi connectivity index (χ0v) is 16.8. The van der Waals surface area contributed by atoms with Gasteiger partial charge in [0.15, 0.2) is 5.96 Å². The number of allylic oxidation sites excluding steroid dienone is 1. The molecule has 23 heavy (non-hydrogen) atoms. The molecule has 1 atom stereocenters. The van der Waals surface area contributed by atoms with Crippen LogP contribution in [0.5, 0.6) is 0 Å². The maximum atomic E-state index is 11.7. The van der Waals surface area contributed by atoms with Crippen molar-refractivity contribution in [3.63, 3.8) is 0 Å². The molecule has 0 saturated carbocycles. The Morgan fingerprint density at radius 2 is 2.26 bits per heavy atom. The average molecular weight is 434 g/mol. The third-order valence-corrected chi connectivity index (χ3v) is 4.37.